The molecule has 2 rings (SSSR count). The number of hydrogen-bond donors (Lipinski definition) is 1. The summed E-state index contributed by atoms with van der Waals surface area (Å²) in [5.41, 5.74) is 1.90. The normalized spacial score (nSPS) is 10.0. The fourth-order valence-electron chi connectivity index (χ4n) is 1.35. The Morgan fingerprint density at radius 3 is 2.47 bits per heavy atom. The first-order valence-corrected chi connectivity index (χ1v) is 5.15. The van der Waals surface area contributed by atoms with Crippen LogP contribution in [0, 0.1) is 12.7 Å². The predicted molar refractivity (Wildman–Crippen MR) is 63.3 cm³/mol. The first-order valence-electron chi connectivity index (χ1n) is 5.15. The number of amides is 1. The summed E-state index contributed by atoms with van der Waals surface area (Å²) in [6.07, 6.45) is 1.58. The molecule has 4 heteroatoms. The minimum Gasteiger partial charge on any atom is -0.321 e. The number of carbonyl (C=O) groups is 1. The van der Waals surface area contributed by atoms with Crippen molar-refractivity contribution in [1.29, 1.82) is 0 Å². The van der Waals surface area contributed by atoms with E-state index in [1.807, 2.05) is 6.92 Å². The Hall–Kier alpha value is -2.23. The topological polar surface area (TPSA) is 42.0 Å². The zero-order valence-corrected chi connectivity index (χ0v) is 9.27. The molecule has 2 aromatic rings. The second-order valence-electron chi connectivity index (χ2n) is 3.65. The van der Waals surface area contributed by atoms with Crippen LogP contribution in [-0.4, -0.2) is 10.9 Å². The zero-order chi connectivity index (χ0) is 12.3. The van der Waals surface area contributed by atoms with Crippen LogP contribution in [0.4, 0.5) is 10.1 Å². The van der Waals surface area contributed by atoms with E-state index in [0.29, 0.717) is 11.3 Å². The fraction of sp³-hybridized carbons (Fsp3) is 0.0769. The number of anilines is 1. The molecule has 0 aliphatic rings. The van der Waals surface area contributed by atoms with E-state index < -0.39 is 0 Å². The van der Waals surface area contributed by atoms with Crippen LogP contribution in [0.1, 0.15) is 16.1 Å². The molecule has 0 bridgehead atoms. The molecule has 17 heavy (non-hydrogen) atoms. The van der Waals surface area contributed by atoms with E-state index in [4.69, 9.17) is 0 Å². The van der Waals surface area contributed by atoms with Crippen LogP contribution < -0.4 is 5.32 Å². The van der Waals surface area contributed by atoms with Crippen LogP contribution >= 0.6 is 0 Å². The summed E-state index contributed by atoms with van der Waals surface area (Å²) in [5.74, 6) is -0.644. The standard InChI is InChI=1S/C13H11FN2O/c1-9-2-7-12(8-15-9)16-13(17)10-3-5-11(14)6-4-10/h2-8H,1H3,(H,16,17). The van der Waals surface area contributed by atoms with Crippen molar-refractivity contribution in [2.75, 3.05) is 5.32 Å². The maximum atomic E-state index is 12.7. The summed E-state index contributed by atoms with van der Waals surface area (Å²) >= 11 is 0. The highest BCUT2D eigenvalue weighted by Crippen LogP contribution is 2.09. The molecule has 1 aromatic heterocycles. The largest absolute Gasteiger partial charge is 0.321 e. The minimum absolute atomic E-state index is 0.282. The Balaban J connectivity index is 2.11. The van der Waals surface area contributed by atoms with Gasteiger partial charge >= 0.3 is 0 Å². The van der Waals surface area contributed by atoms with E-state index >= 15 is 0 Å². The summed E-state index contributed by atoms with van der Waals surface area (Å²) < 4.78 is 12.7. The molecule has 1 aromatic carbocycles. The van der Waals surface area contributed by atoms with E-state index in [1.165, 1.54) is 24.3 Å². The average molecular weight is 230 g/mol. The number of rotatable bonds is 2. The quantitative estimate of drug-likeness (QED) is 0.861. The van der Waals surface area contributed by atoms with Crippen molar-refractivity contribution >= 4 is 11.6 Å². The maximum Gasteiger partial charge on any atom is 0.255 e. The Morgan fingerprint density at radius 2 is 1.88 bits per heavy atom. The van der Waals surface area contributed by atoms with Crippen LogP contribution in [0.3, 0.4) is 0 Å². The molecule has 0 aliphatic heterocycles. The zero-order valence-electron chi connectivity index (χ0n) is 9.27. The Kier molecular flexibility index (Phi) is 3.14. The van der Waals surface area contributed by atoms with E-state index in [9.17, 15) is 9.18 Å². The van der Waals surface area contributed by atoms with E-state index in [0.717, 1.165) is 5.69 Å². The summed E-state index contributed by atoms with van der Waals surface area (Å²) in [6.45, 7) is 1.87. The van der Waals surface area contributed by atoms with Crippen molar-refractivity contribution in [2.24, 2.45) is 0 Å². The molecule has 3 nitrogen and oxygen atoms in total. The smallest absolute Gasteiger partial charge is 0.255 e. The third-order valence-corrected chi connectivity index (χ3v) is 2.28. The van der Waals surface area contributed by atoms with Gasteiger partial charge in [-0.3, -0.25) is 9.78 Å². The van der Waals surface area contributed by atoms with E-state index in [2.05, 4.69) is 10.3 Å². The molecule has 0 fully saturated rings. The van der Waals surface area contributed by atoms with Crippen molar-refractivity contribution < 1.29 is 9.18 Å². The van der Waals surface area contributed by atoms with Crippen molar-refractivity contribution in [2.45, 2.75) is 6.92 Å². The maximum absolute atomic E-state index is 12.7. The second-order valence-corrected chi connectivity index (χ2v) is 3.65. The first-order chi connectivity index (χ1) is 8.15. The van der Waals surface area contributed by atoms with Crippen molar-refractivity contribution in [1.82, 2.24) is 4.98 Å². The second kappa shape index (κ2) is 4.74. The van der Waals surface area contributed by atoms with Gasteiger partial charge in [-0.15, -0.1) is 0 Å². The molecule has 1 heterocycles. The van der Waals surface area contributed by atoms with Gasteiger partial charge in [0.1, 0.15) is 5.82 Å². The van der Waals surface area contributed by atoms with Gasteiger partial charge in [0.05, 0.1) is 11.9 Å². The highest BCUT2D eigenvalue weighted by Gasteiger charge is 2.05. The molecular weight excluding hydrogens is 219 g/mol. The van der Waals surface area contributed by atoms with Gasteiger partial charge in [-0.05, 0) is 43.3 Å². The number of aromatic nitrogens is 1. The number of nitrogens with zero attached hydrogens (tertiary/aromatic N) is 1. The number of aryl methyl sites for hydroxylation is 1. The summed E-state index contributed by atoms with van der Waals surface area (Å²) in [6, 6.07) is 8.95. The molecule has 0 atom stereocenters. The molecule has 0 radical (unpaired) electrons. The molecule has 1 amide bonds. The van der Waals surface area contributed by atoms with Gasteiger partial charge in [-0.2, -0.15) is 0 Å². The van der Waals surface area contributed by atoms with Gasteiger partial charge in [0.15, 0.2) is 0 Å². The molecule has 0 spiro atoms. The molecular formula is C13H11FN2O. The third-order valence-electron chi connectivity index (χ3n) is 2.28. The predicted octanol–water partition coefficient (Wildman–Crippen LogP) is 2.78. The van der Waals surface area contributed by atoms with Gasteiger partial charge in [-0.1, -0.05) is 0 Å². The van der Waals surface area contributed by atoms with E-state index in [1.54, 1.807) is 18.3 Å². The van der Waals surface area contributed by atoms with Crippen LogP contribution in [0.15, 0.2) is 42.6 Å². The lowest BCUT2D eigenvalue weighted by atomic mass is 10.2. The monoisotopic (exact) mass is 230 g/mol. The molecule has 86 valence electrons. The van der Waals surface area contributed by atoms with Gasteiger partial charge in [0, 0.05) is 11.3 Å². The Bertz CT molecular complexity index is 520. The fourth-order valence-corrected chi connectivity index (χ4v) is 1.35. The van der Waals surface area contributed by atoms with Gasteiger partial charge in [0.25, 0.3) is 5.91 Å². The van der Waals surface area contributed by atoms with Crippen LogP contribution in [0.25, 0.3) is 0 Å². The van der Waals surface area contributed by atoms with E-state index in [-0.39, 0.29) is 11.7 Å². The summed E-state index contributed by atoms with van der Waals surface area (Å²) in [5, 5.41) is 2.68. The number of hydrogen-bond acceptors (Lipinski definition) is 2. The SMILES string of the molecule is Cc1ccc(NC(=O)c2ccc(F)cc2)cn1. The van der Waals surface area contributed by atoms with Gasteiger partial charge in [0.2, 0.25) is 0 Å². The van der Waals surface area contributed by atoms with Crippen molar-refractivity contribution in [3.05, 3.63) is 59.7 Å². The third kappa shape index (κ3) is 2.87. The molecule has 0 saturated heterocycles. The number of pyridine rings is 1. The lowest BCUT2D eigenvalue weighted by Crippen LogP contribution is -2.11. The average Bonchev–Trinajstić information content (AvgIpc) is 2.33. The van der Waals surface area contributed by atoms with Crippen molar-refractivity contribution in [3.8, 4) is 0 Å². The Labute approximate surface area is 98.3 Å². The molecule has 0 unspecified atom stereocenters. The number of benzene rings is 1. The lowest BCUT2D eigenvalue weighted by molar-refractivity contribution is 0.102. The first kappa shape index (κ1) is 11.3. The van der Waals surface area contributed by atoms with Gasteiger partial charge in [-0.25, -0.2) is 4.39 Å². The lowest BCUT2D eigenvalue weighted by Gasteiger charge is -2.04. The minimum atomic E-state index is -0.362. The highest BCUT2D eigenvalue weighted by molar-refractivity contribution is 6.04. The molecule has 0 aliphatic carbocycles. The number of halogens is 1. The van der Waals surface area contributed by atoms with Gasteiger partial charge < -0.3 is 5.32 Å². The summed E-state index contributed by atoms with van der Waals surface area (Å²) in [7, 11) is 0. The Morgan fingerprint density at radius 1 is 1.18 bits per heavy atom. The van der Waals surface area contributed by atoms with Crippen LogP contribution in [-0.2, 0) is 0 Å². The molecule has 0 saturated carbocycles. The molecule has 1 N–H and O–H groups in total. The van der Waals surface area contributed by atoms with Crippen LogP contribution in [0.2, 0.25) is 0 Å². The number of carbonyl (C=O) groups excluding carboxylic acids is 1. The highest BCUT2D eigenvalue weighted by atomic mass is 19.1. The number of nitrogens with one attached hydrogen (secondary N) is 1. The van der Waals surface area contributed by atoms with Crippen molar-refractivity contribution in [3.63, 3.8) is 0 Å². The summed E-state index contributed by atoms with van der Waals surface area (Å²) in [4.78, 5) is 15.8. The van der Waals surface area contributed by atoms with Crippen LogP contribution in [0.5, 0.6) is 0 Å².